The standard InChI is InChI=1S/C10H11N3O2/c11-12-10-3-1-2-7-4-5-8(13(14)15)6-9(7)10/h4-6H,1-3,11H2. The molecule has 0 saturated heterocycles. The lowest BCUT2D eigenvalue weighted by Crippen LogP contribution is -2.13. The van der Waals surface area contributed by atoms with Crippen molar-refractivity contribution in [1.29, 1.82) is 0 Å². The smallest absolute Gasteiger partial charge is 0.270 e. The predicted molar refractivity (Wildman–Crippen MR) is 56.8 cm³/mol. The van der Waals surface area contributed by atoms with Crippen molar-refractivity contribution in [3.8, 4) is 0 Å². The van der Waals surface area contributed by atoms with E-state index >= 15 is 0 Å². The lowest BCUT2D eigenvalue weighted by molar-refractivity contribution is -0.384. The van der Waals surface area contributed by atoms with Crippen molar-refractivity contribution < 1.29 is 4.92 Å². The van der Waals surface area contributed by atoms with Gasteiger partial charge >= 0.3 is 0 Å². The zero-order valence-corrected chi connectivity index (χ0v) is 8.14. The molecule has 0 aliphatic heterocycles. The molecule has 1 aromatic rings. The van der Waals surface area contributed by atoms with Gasteiger partial charge in [-0.15, -0.1) is 0 Å². The maximum Gasteiger partial charge on any atom is 0.270 e. The molecule has 78 valence electrons. The summed E-state index contributed by atoms with van der Waals surface area (Å²) >= 11 is 0. The van der Waals surface area contributed by atoms with Gasteiger partial charge in [0.1, 0.15) is 0 Å². The second kappa shape index (κ2) is 3.68. The number of nitrogens with zero attached hydrogens (tertiary/aromatic N) is 2. The fourth-order valence-electron chi connectivity index (χ4n) is 1.88. The van der Waals surface area contributed by atoms with Gasteiger partial charge in [-0.2, -0.15) is 5.10 Å². The van der Waals surface area contributed by atoms with Gasteiger partial charge in [0.2, 0.25) is 0 Å². The molecule has 2 rings (SSSR count). The first kappa shape index (κ1) is 9.64. The number of hydrazone groups is 1. The Labute approximate surface area is 86.7 Å². The van der Waals surface area contributed by atoms with E-state index in [1.165, 1.54) is 6.07 Å². The number of nitro groups is 1. The minimum Gasteiger partial charge on any atom is -0.323 e. The monoisotopic (exact) mass is 205 g/mol. The van der Waals surface area contributed by atoms with Gasteiger partial charge in [-0.25, -0.2) is 0 Å². The summed E-state index contributed by atoms with van der Waals surface area (Å²) in [5, 5.41) is 14.3. The van der Waals surface area contributed by atoms with Gasteiger partial charge in [0.05, 0.1) is 10.6 Å². The van der Waals surface area contributed by atoms with Crippen molar-refractivity contribution in [3.05, 3.63) is 39.4 Å². The first-order chi connectivity index (χ1) is 7.22. The highest BCUT2D eigenvalue weighted by molar-refractivity contribution is 6.03. The van der Waals surface area contributed by atoms with Crippen LogP contribution in [0.25, 0.3) is 0 Å². The topological polar surface area (TPSA) is 81.5 Å². The Morgan fingerprint density at radius 1 is 1.40 bits per heavy atom. The SMILES string of the molecule is NN=C1CCCc2ccc([N+](=O)[O-])cc21. The fraction of sp³-hybridized carbons (Fsp3) is 0.300. The molecule has 2 N–H and O–H groups in total. The molecule has 1 aliphatic rings. The van der Waals surface area contributed by atoms with Crippen molar-refractivity contribution in [2.75, 3.05) is 0 Å². The quantitative estimate of drug-likeness (QED) is 0.429. The van der Waals surface area contributed by atoms with Crippen molar-refractivity contribution in [2.24, 2.45) is 10.9 Å². The zero-order valence-electron chi connectivity index (χ0n) is 8.14. The summed E-state index contributed by atoms with van der Waals surface area (Å²) in [5.41, 5.74) is 2.78. The fourth-order valence-corrected chi connectivity index (χ4v) is 1.88. The molecule has 0 radical (unpaired) electrons. The Balaban J connectivity index is 2.53. The third-order valence-corrected chi connectivity index (χ3v) is 2.63. The van der Waals surface area contributed by atoms with Crippen LogP contribution in [-0.4, -0.2) is 10.6 Å². The van der Waals surface area contributed by atoms with E-state index in [1.54, 1.807) is 12.1 Å². The third-order valence-electron chi connectivity index (χ3n) is 2.63. The molecular formula is C10H11N3O2. The molecular weight excluding hydrogens is 194 g/mol. The largest absolute Gasteiger partial charge is 0.323 e. The second-order valence-corrected chi connectivity index (χ2v) is 3.53. The highest BCUT2D eigenvalue weighted by Crippen LogP contribution is 2.25. The van der Waals surface area contributed by atoms with Crippen LogP contribution < -0.4 is 5.84 Å². The Morgan fingerprint density at radius 3 is 2.87 bits per heavy atom. The molecule has 1 aliphatic carbocycles. The lowest BCUT2D eigenvalue weighted by atomic mass is 9.90. The zero-order chi connectivity index (χ0) is 10.8. The summed E-state index contributed by atoms with van der Waals surface area (Å²) < 4.78 is 0. The van der Waals surface area contributed by atoms with Crippen molar-refractivity contribution in [1.82, 2.24) is 0 Å². The average Bonchev–Trinajstić information content (AvgIpc) is 2.27. The number of hydrogen-bond acceptors (Lipinski definition) is 4. The van der Waals surface area contributed by atoms with Crippen LogP contribution in [0.4, 0.5) is 5.69 Å². The Kier molecular flexibility index (Phi) is 2.37. The summed E-state index contributed by atoms with van der Waals surface area (Å²) in [6.45, 7) is 0. The number of aryl methyl sites for hydroxylation is 1. The van der Waals surface area contributed by atoms with E-state index < -0.39 is 4.92 Å². The van der Waals surface area contributed by atoms with Gasteiger partial charge in [0.25, 0.3) is 5.69 Å². The van der Waals surface area contributed by atoms with Crippen molar-refractivity contribution in [2.45, 2.75) is 19.3 Å². The van der Waals surface area contributed by atoms with Crippen LogP contribution >= 0.6 is 0 Å². The molecule has 5 nitrogen and oxygen atoms in total. The lowest BCUT2D eigenvalue weighted by Gasteiger charge is -2.16. The van der Waals surface area contributed by atoms with E-state index in [2.05, 4.69) is 5.10 Å². The Bertz CT molecular complexity index is 440. The summed E-state index contributed by atoms with van der Waals surface area (Å²) in [7, 11) is 0. The first-order valence-electron chi connectivity index (χ1n) is 4.77. The highest BCUT2D eigenvalue weighted by atomic mass is 16.6. The second-order valence-electron chi connectivity index (χ2n) is 3.53. The predicted octanol–water partition coefficient (Wildman–Crippen LogP) is 1.59. The molecule has 0 fully saturated rings. The number of benzene rings is 1. The van der Waals surface area contributed by atoms with Gasteiger partial charge < -0.3 is 5.84 Å². The van der Waals surface area contributed by atoms with Crippen molar-refractivity contribution >= 4 is 11.4 Å². The molecule has 15 heavy (non-hydrogen) atoms. The molecule has 0 unspecified atom stereocenters. The normalized spacial score (nSPS) is 17.5. The number of nitro benzene ring substituents is 1. The molecule has 0 heterocycles. The molecule has 0 spiro atoms. The van der Waals surface area contributed by atoms with Crippen LogP contribution in [0.3, 0.4) is 0 Å². The summed E-state index contributed by atoms with van der Waals surface area (Å²) in [6, 6.07) is 4.87. The van der Waals surface area contributed by atoms with Crippen LogP contribution in [0, 0.1) is 10.1 Å². The average molecular weight is 205 g/mol. The minimum atomic E-state index is -0.400. The van der Waals surface area contributed by atoms with Crippen LogP contribution in [0.1, 0.15) is 24.0 Å². The van der Waals surface area contributed by atoms with Crippen LogP contribution in [0.2, 0.25) is 0 Å². The van der Waals surface area contributed by atoms with Crippen molar-refractivity contribution in [3.63, 3.8) is 0 Å². The van der Waals surface area contributed by atoms with Crippen LogP contribution in [0.5, 0.6) is 0 Å². The van der Waals surface area contributed by atoms with E-state index in [4.69, 9.17) is 5.84 Å². The van der Waals surface area contributed by atoms with Crippen LogP contribution in [0.15, 0.2) is 23.3 Å². The summed E-state index contributed by atoms with van der Waals surface area (Å²) in [6.07, 6.45) is 2.73. The van der Waals surface area contributed by atoms with Gasteiger partial charge in [-0.1, -0.05) is 6.07 Å². The minimum absolute atomic E-state index is 0.0943. The van der Waals surface area contributed by atoms with Gasteiger partial charge in [0, 0.05) is 17.7 Å². The molecule has 1 aromatic carbocycles. The number of nitrogens with two attached hydrogens (primary N) is 1. The number of rotatable bonds is 1. The number of fused-ring (bicyclic) bond motifs is 1. The number of non-ortho nitro benzene ring substituents is 1. The van der Waals surface area contributed by atoms with E-state index in [9.17, 15) is 10.1 Å². The first-order valence-corrected chi connectivity index (χ1v) is 4.77. The molecule has 0 saturated carbocycles. The van der Waals surface area contributed by atoms with E-state index in [0.717, 1.165) is 36.1 Å². The maximum atomic E-state index is 10.6. The molecule has 0 bridgehead atoms. The molecule has 0 atom stereocenters. The Morgan fingerprint density at radius 2 is 2.20 bits per heavy atom. The van der Waals surface area contributed by atoms with Gasteiger partial charge in [0.15, 0.2) is 0 Å². The molecule has 0 amide bonds. The summed E-state index contributed by atoms with van der Waals surface area (Å²) in [5.74, 6) is 5.26. The van der Waals surface area contributed by atoms with E-state index in [0.29, 0.717) is 0 Å². The molecule has 5 heteroatoms. The van der Waals surface area contributed by atoms with Crippen LogP contribution in [-0.2, 0) is 6.42 Å². The summed E-state index contributed by atoms with van der Waals surface area (Å²) in [4.78, 5) is 10.2. The van der Waals surface area contributed by atoms with Gasteiger partial charge in [-0.3, -0.25) is 10.1 Å². The number of hydrogen-bond donors (Lipinski definition) is 1. The highest BCUT2D eigenvalue weighted by Gasteiger charge is 2.18. The Hall–Kier alpha value is -1.91. The van der Waals surface area contributed by atoms with Gasteiger partial charge in [-0.05, 0) is 24.8 Å². The maximum absolute atomic E-state index is 10.6. The van der Waals surface area contributed by atoms with E-state index in [1.807, 2.05) is 0 Å². The van der Waals surface area contributed by atoms with E-state index in [-0.39, 0.29) is 5.69 Å². The molecule has 0 aromatic heterocycles. The third kappa shape index (κ3) is 1.68.